The topological polar surface area (TPSA) is 464 Å². The monoisotopic (exact) mass is 1190 g/mol. The maximum Gasteiger partial charge on any atom is 0.472 e. The molecule has 4 fully saturated rings. The molecule has 0 aromatic carbocycles. The summed E-state index contributed by atoms with van der Waals surface area (Å²) in [5, 5.41) is 20.7. The molecule has 4 saturated heterocycles. The van der Waals surface area contributed by atoms with Crippen LogP contribution in [0.4, 0.5) is 0 Å². The normalized spacial score (nSPS) is 29.1. The van der Waals surface area contributed by atoms with Crippen molar-refractivity contribution in [2.24, 2.45) is 0 Å². The number of rotatable bonds is 20. The minimum Gasteiger partial charge on any atom is -0.394 e. The molecule has 4 aromatic rings. The SMILES string of the molecule is C.C.Cc1cn([C@H]2C[C@@H](O)[C@@H](COP(=O)(O)O[C@@H]3C[C@H](n4cc(C)c(=O)[nH]c4=O)O[C@@H]3COP(=O)(O)O[C@@H]3C[C@H](n4cc(C)c(=O)[nH]c4=O)O[C@@H]3COP(=O)(O)O[C@@H]3C[C@H](n4cc(C)c(=O)[nH]c4=O)O[C@@H]3CO)O2)c(=O)[nH]c1=O. The second-order valence-corrected chi connectivity index (χ2v) is 22.6. The Morgan fingerprint density at radius 1 is 0.468 bits per heavy atom. The first-order valence-electron chi connectivity index (χ1n) is 23.3. The summed E-state index contributed by atoms with van der Waals surface area (Å²) in [5.74, 6) is 0. The molecule has 0 radical (unpaired) electrons. The molecule has 8 heterocycles. The zero-order valence-electron chi connectivity index (χ0n) is 40.8. The molecule has 8 rings (SSSR count). The van der Waals surface area contributed by atoms with Gasteiger partial charge < -0.3 is 43.8 Å². The Morgan fingerprint density at radius 3 is 1.03 bits per heavy atom. The summed E-state index contributed by atoms with van der Waals surface area (Å²) < 4.78 is 99.6. The minimum atomic E-state index is -5.44. The van der Waals surface area contributed by atoms with E-state index in [0.717, 1.165) is 30.7 Å². The van der Waals surface area contributed by atoms with E-state index in [1.165, 1.54) is 40.1 Å². The first kappa shape index (κ1) is 63.0. The summed E-state index contributed by atoms with van der Waals surface area (Å²) in [4.78, 5) is 140. The predicted molar refractivity (Wildman–Crippen MR) is 267 cm³/mol. The van der Waals surface area contributed by atoms with E-state index in [4.69, 9.17) is 46.1 Å². The largest absolute Gasteiger partial charge is 0.472 e. The van der Waals surface area contributed by atoms with Crippen LogP contribution in [-0.2, 0) is 59.8 Å². The number of H-pyrrole nitrogens is 4. The van der Waals surface area contributed by atoms with Crippen LogP contribution in [0, 0.1) is 27.7 Å². The number of hydrogen-bond acceptors (Lipinski definition) is 23. The highest BCUT2D eigenvalue weighted by molar-refractivity contribution is 7.48. The van der Waals surface area contributed by atoms with Crippen molar-refractivity contribution in [3.05, 3.63) is 130 Å². The van der Waals surface area contributed by atoms with E-state index in [1.807, 2.05) is 0 Å². The number of aryl methyl sites for hydroxylation is 4. The van der Waals surface area contributed by atoms with Gasteiger partial charge in [0.15, 0.2) is 0 Å². The third-order valence-electron chi connectivity index (χ3n) is 12.8. The lowest BCUT2D eigenvalue weighted by Gasteiger charge is -2.25. The number of phosphoric ester groups is 3. The van der Waals surface area contributed by atoms with Crippen LogP contribution in [-0.4, -0.2) is 138 Å². The summed E-state index contributed by atoms with van der Waals surface area (Å²) in [6.07, 6.45) is -14.0. The molecule has 4 aliphatic rings. The minimum absolute atomic E-state index is 0. The quantitative estimate of drug-likeness (QED) is 0.0465. The molecule has 4 aromatic heterocycles. The second-order valence-electron chi connectivity index (χ2n) is 18.3. The Balaban J connectivity index is 0.00000504. The molecule has 9 N–H and O–H groups in total. The van der Waals surface area contributed by atoms with Crippen LogP contribution in [0.15, 0.2) is 63.1 Å². The van der Waals surface area contributed by atoms with Gasteiger partial charge in [-0.2, -0.15) is 0 Å². The van der Waals surface area contributed by atoms with Crippen LogP contribution < -0.4 is 45.0 Å². The highest BCUT2D eigenvalue weighted by Gasteiger charge is 2.48. The molecule has 3 unspecified atom stereocenters. The molecule has 0 saturated carbocycles. The van der Waals surface area contributed by atoms with Crippen LogP contribution in [0.3, 0.4) is 0 Å². The van der Waals surface area contributed by atoms with Crippen LogP contribution >= 0.6 is 23.5 Å². The van der Waals surface area contributed by atoms with Crippen LogP contribution in [0.2, 0.25) is 0 Å². The lowest BCUT2D eigenvalue weighted by atomic mass is 10.2. The van der Waals surface area contributed by atoms with Crippen molar-refractivity contribution >= 4 is 23.5 Å². The van der Waals surface area contributed by atoms with Gasteiger partial charge in [-0.15, -0.1) is 0 Å². The molecule has 0 spiro atoms. The molecule has 34 nitrogen and oxygen atoms in total. The van der Waals surface area contributed by atoms with Crippen molar-refractivity contribution in [1.29, 1.82) is 0 Å². The Morgan fingerprint density at radius 2 is 0.722 bits per heavy atom. The van der Waals surface area contributed by atoms with Crippen molar-refractivity contribution in [1.82, 2.24) is 38.2 Å². The van der Waals surface area contributed by atoms with Gasteiger partial charge >= 0.3 is 46.2 Å². The van der Waals surface area contributed by atoms with Gasteiger partial charge in [-0.1, -0.05) is 14.9 Å². The Kier molecular flexibility index (Phi) is 19.9. The zero-order valence-corrected chi connectivity index (χ0v) is 43.5. The maximum atomic E-state index is 13.8. The van der Waals surface area contributed by atoms with E-state index >= 15 is 0 Å². The van der Waals surface area contributed by atoms with Gasteiger partial charge in [0.05, 0.1) is 32.5 Å². The van der Waals surface area contributed by atoms with Gasteiger partial charge in [-0.3, -0.25) is 84.5 Å². The van der Waals surface area contributed by atoms with E-state index in [9.17, 15) is 76.9 Å². The second kappa shape index (κ2) is 24.9. The molecular formula is C42H61N8O26P3. The number of hydrogen-bond donors (Lipinski definition) is 9. The fraction of sp³-hybridized carbons (Fsp3) is 0.619. The van der Waals surface area contributed by atoms with E-state index in [2.05, 4.69) is 19.9 Å². The van der Waals surface area contributed by atoms with Gasteiger partial charge in [-0.25, -0.2) is 32.9 Å². The fourth-order valence-electron chi connectivity index (χ4n) is 8.75. The molecule has 440 valence electrons. The third-order valence-corrected chi connectivity index (χ3v) is 15.8. The van der Waals surface area contributed by atoms with Crippen molar-refractivity contribution in [2.45, 2.75) is 142 Å². The average Bonchev–Trinajstić information content (AvgIpc) is 4.18. The van der Waals surface area contributed by atoms with Crippen molar-refractivity contribution in [2.75, 3.05) is 26.4 Å². The highest BCUT2D eigenvalue weighted by Crippen LogP contribution is 2.53. The van der Waals surface area contributed by atoms with Crippen molar-refractivity contribution < 1.29 is 84.7 Å². The van der Waals surface area contributed by atoms with Crippen molar-refractivity contribution in [3.63, 3.8) is 0 Å². The summed E-state index contributed by atoms with van der Waals surface area (Å²) >= 11 is 0. The number of aromatic nitrogens is 8. The number of aliphatic hydroxyl groups is 2. The van der Waals surface area contributed by atoms with E-state index in [0.29, 0.717) is 0 Å². The summed E-state index contributed by atoms with van der Waals surface area (Å²) in [6, 6.07) is 0. The molecular weight excluding hydrogens is 1130 g/mol. The molecule has 0 amide bonds. The van der Waals surface area contributed by atoms with Crippen LogP contribution in [0.5, 0.6) is 0 Å². The van der Waals surface area contributed by atoms with Gasteiger partial charge in [0, 0.05) is 72.7 Å². The van der Waals surface area contributed by atoms with Gasteiger partial charge in [0.1, 0.15) is 67.6 Å². The summed E-state index contributed by atoms with van der Waals surface area (Å²) in [5.41, 5.74) is -6.21. The summed E-state index contributed by atoms with van der Waals surface area (Å²) in [6.45, 7) is 1.96. The fourth-order valence-corrected chi connectivity index (χ4v) is 11.6. The molecule has 79 heavy (non-hydrogen) atoms. The zero-order chi connectivity index (χ0) is 56.1. The highest BCUT2D eigenvalue weighted by atomic mass is 31.2. The van der Waals surface area contributed by atoms with Crippen LogP contribution in [0.25, 0.3) is 0 Å². The van der Waals surface area contributed by atoms with E-state index < -0.39 is 181 Å². The molecule has 4 aliphatic heterocycles. The molecule has 37 heteroatoms. The Bertz CT molecular complexity index is 3520. The average molecular weight is 1190 g/mol. The number of aliphatic hydroxyl groups excluding tert-OH is 2. The third kappa shape index (κ3) is 14.7. The maximum absolute atomic E-state index is 13.8. The van der Waals surface area contributed by atoms with Gasteiger partial charge in [0.25, 0.3) is 22.2 Å². The smallest absolute Gasteiger partial charge is 0.394 e. The standard InChI is InChI=1S/C40H53N8O26P3.2CH4/c1-17-9-45(37(55)41-33(17)51)29-5-21(50)26(69-29)14-65-75(59,60)73-23-7-31(47-11-19(3)35(53)43-39(47)57)71-28(23)16-67-77(63,64)74-24-8-32(48-12-20(4)36(54)44-40(48)58)70-27(24)15-66-76(61,62)72-22-6-30(68-25(22)13-49)46-10-18(2)34(52)42-38(46)56;;/h9-12,21-32,49-50H,5-8,13-16H2,1-4H3,(H,59,60)(H,61,62)(H,63,64)(H,41,51,55)(H,42,52,56)(H,43,53,57)(H,44,54,58);2*1H4/t21-,22-,23-,24-,25-,26-,27-,28-,29-,30-,31-,32-;;/m1../s1. The predicted octanol–water partition coefficient (Wildman–Crippen LogP) is -1.30. The molecule has 0 bridgehead atoms. The number of aromatic amines is 4. The van der Waals surface area contributed by atoms with Gasteiger partial charge in [-0.05, 0) is 27.7 Å². The molecule has 0 aliphatic carbocycles. The Labute approximate surface area is 444 Å². The number of phosphoric acid groups is 3. The lowest BCUT2D eigenvalue weighted by molar-refractivity contribution is -0.0640. The van der Waals surface area contributed by atoms with Crippen LogP contribution in [0.1, 0.15) is 87.7 Å². The van der Waals surface area contributed by atoms with E-state index in [-0.39, 0.29) is 49.9 Å². The molecule has 15 atom stereocenters. The van der Waals surface area contributed by atoms with E-state index in [1.54, 1.807) is 0 Å². The first-order chi connectivity index (χ1) is 36.1. The Hall–Kier alpha value is -5.19. The van der Waals surface area contributed by atoms with Crippen molar-refractivity contribution in [3.8, 4) is 0 Å². The first-order valence-corrected chi connectivity index (χ1v) is 27.7. The number of ether oxygens (including phenoxy) is 4. The number of nitrogens with one attached hydrogen (secondary N) is 4. The summed E-state index contributed by atoms with van der Waals surface area (Å²) in [7, 11) is -15.9. The number of nitrogens with zero attached hydrogens (tertiary/aromatic N) is 4. The lowest BCUT2D eigenvalue weighted by Crippen LogP contribution is -2.33. The van der Waals surface area contributed by atoms with Gasteiger partial charge in [0.2, 0.25) is 0 Å².